The van der Waals surface area contributed by atoms with Crippen LogP contribution in [-0.2, 0) is 6.54 Å². The highest BCUT2D eigenvalue weighted by Crippen LogP contribution is 2.35. The summed E-state index contributed by atoms with van der Waals surface area (Å²) in [6.45, 7) is 2.10. The molecule has 2 aromatic carbocycles. The van der Waals surface area contributed by atoms with Gasteiger partial charge in [-0.15, -0.1) is 11.3 Å². The summed E-state index contributed by atoms with van der Waals surface area (Å²) in [6.07, 6.45) is 0. The van der Waals surface area contributed by atoms with Crippen LogP contribution in [0.1, 0.15) is 5.56 Å². The van der Waals surface area contributed by atoms with Crippen LogP contribution in [0.5, 0.6) is 0 Å². The summed E-state index contributed by atoms with van der Waals surface area (Å²) < 4.78 is 2.12. The van der Waals surface area contributed by atoms with E-state index in [0.29, 0.717) is 16.0 Å². The standard InChI is InChI=1S/C24H19N3O2S/c1-15-14-18(16-8-4-2-5-9-16)25-23-19(15)20-21(30-23)24(29)27(12-13-28)22(26-20)17-10-6-3-7-11-17/h2-11,14,28H,12-13H2,1H3. The fraction of sp³-hybridized carbons (Fsp3) is 0.125. The highest BCUT2D eigenvalue weighted by Gasteiger charge is 2.19. The minimum absolute atomic E-state index is 0.132. The molecule has 0 bridgehead atoms. The lowest BCUT2D eigenvalue weighted by Crippen LogP contribution is -2.24. The number of pyridine rings is 1. The summed E-state index contributed by atoms with van der Waals surface area (Å²) in [6, 6.07) is 21.7. The number of rotatable bonds is 4. The van der Waals surface area contributed by atoms with Gasteiger partial charge in [-0.2, -0.15) is 0 Å². The molecule has 5 nitrogen and oxygen atoms in total. The van der Waals surface area contributed by atoms with Crippen molar-refractivity contribution in [2.45, 2.75) is 13.5 Å². The molecule has 1 N–H and O–H groups in total. The fourth-order valence-electron chi connectivity index (χ4n) is 3.77. The molecule has 5 aromatic rings. The van der Waals surface area contributed by atoms with Gasteiger partial charge >= 0.3 is 0 Å². The first-order valence-electron chi connectivity index (χ1n) is 9.74. The molecule has 3 heterocycles. The Bertz CT molecular complexity index is 1420. The topological polar surface area (TPSA) is 68.0 Å². The van der Waals surface area contributed by atoms with E-state index in [0.717, 1.165) is 32.6 Å². The number of aromatic nitrogens is 3. The van der Waals surface area contributed by atoms with Gasteiger partial charge in [-0.05, 0) is 18.6 Å². The van der Waals surface area contributed by atoms with Gasteiger partial charge in [-0.3, -0.25) is 9.36 Å². The van der Waals surface area contributed by atoms with Crippen LogP contribution in [0.15, 0.2) is 71.5 Å². The number of thiophene rings is 1. The van der Waals surface area contributed by atoms with Crippen LogP contribution < -0.4 is 5.56 Å². The number of fused-ring (bicyclic) bond motifs is 3. The van der Waals surface area contributed by atoms with Gasteiger partial charge in [0, 0.05) is 16.5 Å². The largest absolute Gasteiger partial charge is 0.395 e. The second-order valence-corrected chi connectivity index (χ2v) is 8.13. The van der Waals surface area contributed by atoms with Crippen molar-refractivity contribution in [1.82, 2.24) is 14.5 Å². The molecular formula is C24H19N3O2S. The number of nitrogens with zero attached hydrogens (tertiary/aromatic N) is 3. The molecule has 0 fully saturated rings. The second kappa shape index (κ2) is 7.48. The van der Waals surface area contributed by atoms with Crippen LogP contribution in [0.4, 0.5) is 0 Å². The number of aliphatic hydroxyl groups excluding tert-OH is 1. The molecule has 30 heavy (non-hydrogen) atoms. The van der Waals surface area contributed by atoms with Crippen LogP contribution in [0.3, 0.4) is 0 Å². The van der Waals surface area contributed by atoms with Gasteiger partial charge in [0.2, 0.25) is 0 Å². The Labute approximate surface area is 176 Å². The second-order valence-electron chi connectivity index (χ2n) is 7.13. The van der Waals surface area contributed by atoms with Gasteiger partial charge in [0.05, 0.1) is 24.4 Å². The Hall–Kier alpha value is -3.35. The summed E-state index contributed by atoms with van der Waals surface area (Å²) in [5, 5.41) is 10.5. The summed E-state index contributed by atoms with van der Waals surface area (Å²) in [4.78, 5) is 23.9. The van der Waals surface area contributed by atoms with Gasteiger partial charge in [0.25, 0.3) is 5.56 Å². The maximum absolute atomic E-state index is 13.3. The molecule has 5 rings (SSSR count). The van der Waals surface area contributed by atoms with Gasteiger partial charge < -0.3 is 5.11 Å². The molecule has 0 saturated heterocycles. The summed E-state index contributed by atoms with van der Waals surface area (Å²) in [5.41, 5.74) is 4.34. The SMILES string of the molecule is Cc1cc(-c2ccccc2)nc2sc3c(=O)n(CCO)c(-c4ccccc4)nc3c12. The Balaban J connectivity index is 1.83. The van der Waals surface area contributed by atoms with E-state index in [1.54, 1.807) is 4.57 Å². The van der Waals surface area contributed by atoms with E-state index in [2.05, 4.69) is 0 Å². The molecule has 0 aliphatic carbocycles. The zero-order valence-corrected chi connectivity index (χ0v) is 17.2. The third-order valence-electron chi connectivity index (χ3n) is 5.17. The smallest absolute Gasteiger partial charge is 0.271 e. The van der Waals surface area contributed by atoms with Crippen molar-refractivity contribution in [3.05, 3.63) is 82.6 Å². The lowest BCUT2D eigenvalue weighted by atomic mass is 10.1. The third kappa shape index (κ3) is 3.01. The third-order valence-corrected chi connectivity index (χ3v) is 6.23. The quantitative estimate of drug-likeness (QED) is 0.466. The average Bonchev–Trinajstić information content (AvgIpc) is 3.16. The van der Waals surface area contributed by atoms with E-state index >= 15 is 0 Å². The Kier molecular flexibility index (Phi) is 4.65. The molecule has 0 atom stereocenters. The Morgan fingerprint density at radius 3 is 2.30 bits per heavy atom. The van der Waals surface area contributed by atoms with Crippen LogP contribution >= 0.6 is 11.3 Å². The van der Waals surface area contributed by atoms with Crippen molar-refractivity contribution < 1.29 is 5.11 Å². The minimum atomic E-state index is -0.142. The van der Waals surface area contributed by atoms with Crippen molar-refractivity contribution in [2.24, 2.45) is 0 Å². The Morgan fingerprint density at radius 1 is 0.967 bits per heavy atom. The highest BCUT2D eigenvalue weighted by molar-refractivity contribution is 7.25. The molecule has 0 spiro atoms. The van der Waals surface area contributed by atoms with E-state index in [-0.39, 0.29) is 18.7 Å². The fourth-order valence-corrected chi connectivity index (χ4v) is 4.91. The van der Waals surface area contributed by atoms with Crippen LogP contribution in [-0.4, -0.2) is 26.2 Å². The monoisotopic (exact) mass is 413 g/mol. The first kappa shape index (κ1) is 18.7. The molecule has 0 unspecified atom stereocenters. The molecular weight excluding hydrogens is 394 g/mol. The van der Waals surface area contributed by atoms with E-state index in [1.165, 1.54) is 11.3 Å². The van der Waals surface area contributed by atoms with E-state index < -0.39 is 0 Å². The number of hydrogen-bond donors (Lipinski definition) is 1. The number of benzene rings is 2. The minimum Gasteiger partial charge on any atom is -0.395 e. The van der Waals surface area contributed by atoms with E-state index in [1.807, 2.05) is 73.7 Å². The van der Waals surface area contributed by atoms with Crippen molar-refractivity contribution in [3.8, 4) is 22.6 Å². The molecule has 0 aliphatic rings. The zero-order chi connectivity index (χ0) is 20.7. The number of aliphatic hydroxyl groups is 1. The lowest BCUT2D eigenvalue weighted by Gasteiger charge is -2.11. The maximum Gasteiger partial charge on any atom is 0.271 e. The molecule has 148 valence electrons. The predicted octanol–water partition coefficient (Wildman–Crippen LogP) is 4.64. The first-order valence-corrected chi connectivity index (χ1v) is 10.6. The van der Waals surface area contributed by atoms with Crippen molar-refractivity contribution >= 4 is 31.8 Å². The summed E-state index contributed by atoms with van der Waals surface area (Å²) in [5.74, 6) is 0.563. The number of aryl methyl sites for hydroxylation is 1. The van der Waals surface area contributed by atoms with Crippen molar-refractivity contribution in [3.63, 3.8) is 0 Å². The first-order chi connectivity index (χ1) is 14.7. The van der Waals surface area contributed by atoms with Crippen molar-refractivity contribution in [1.29, 1.82) is 0 Å². The molecule has 3 aromatic heterocycles. The molecule has 0 amide bonds. The highest BCUT2D eigenvalue weighted by atomic mass is 32.1. The van der Waals surface area contributed by atoms with Crippen LogP contribution in [0.2, 0.25) is 0 Å². The van der Waals surface area contributed by atoms with E-state index in [9.17, 15) is 9.90 Å². The number of hydrogen-bond acceptors (Lipinski definition) is 5. The van der Waals surface area contributed by atoms with Crippen LogP contribution in [0, 0.1) is 6.92 Å². The van der Waals surface area contributed by atoms with Crippen LogP contribution in [0.25, 0.3) is 43.1 Å². The van der Waals surface area contributed by atoms with Gasteiger partial charge in [0.15, 0.2) is 0 Å². The molecule has 0 aliphatic heterocycles. The molecule has 6 heteroatoms. The predicted molar refractivity (Wildman–Crippen MR) is 122 cm³/mol. The lowest BCUT2D eigenvalue weighted by molar-refractivity contribution is 0.275. The maximum atomic E-state index is 13.3. The Morgan fingerprint density at radius 2 is 1.63 bits per heavy atom. The average molecular weight is 414 g/mol. The van der Waals surface area contributed by atoms with Gasteiger partial charge in [0.1, 0.15) is 15.4 Å². The normalized spacial score (nSPS) is 11.4. The molecule has 0 radical (unpaired) electrons. The molecule has 0 saturated carbocycles. The van der Waals surface area contributed by atoms with Gasteiger partial charge in [-0.25, -0.2) is 9.97 Å². The van der Waals surface area contributed by atoms with E-state index in [4.69, 9.17) is 9.97 Å². The summed E-state index contributed by atoms with van der Waals surface area (Å²) >= 11 is 1.37. The van der Waals surface area contributed by atoms with Gasteiger partial charge in [-0.1, -0.05) is 60.7 Å². The zero-order valence-electron chi connectivity index (χ0n) is 16.4. The summed E-state index contributed by atoms with van der Waals surface area (Å²) in [7, 11) is 0. The van der Waals surface area contributed by atoms with Crippen molar-refractivity contribution in [2.75, 3.05) is 6.61 Å².